The molecule has 4 nitrogen and oxygen atoms in total. The molecule has 0 saturated heterocycles. The smallest absolute Gasteiger partial charge is 0.238 e. The van der Waals surface area contributed by atoms with Gasteiger partial charge >= 0.3 is 0 Å². The van der Waals surface area contributed by atoms with Crippen molar-refractivity contribution >= 4 is 41.0 Å². The second-order valence-electron chi connectivity index (χ2n) is 4.49. The highest BCUT2D eigenvalue weighted by Gasteiger charge is 2.28. The van der Waals surface area contributed by atoms with Crippen LogP contribution in [-0.4, -0.2) is 35.6 Å². The third-order valence-corrected chi connectivity index (χ3v) is 4.90. The molecule has 0 fully saturated rings. The van der Waals surface area contributed by atoms with Gasteiger partial charge in [0, 0.05) is 17.9 Å². The molecule has 20 heavy (non-hydrogen) atoms. The Morgan fingerprint density at radius 2 is 2.25 bits per heavy atom. The van der Waals surface area contributed by atoms with Crippen molar-refractivity contribution in [1.29, 1.82) is 0 Å². The fourth-order valence-corrected chi connectivity index (χ4v) is 3.46. The van der Waals surface area contributed by atoms with Crippen molar-refractivity contribution in [2.75, 3.05) is 23.9 Å². The molecule has 1 aliphatic rings. The van der Waals surface area contributed by atoms with Crippen LogP contribution in [0.2, 0.25) is 0 Å². The Bertz CT molecular complexity index is 494. The molecule has 0 bridgehead atoms. The summed E-state index contributed by atoms with van der Waals surface area (Å²) in [6.45, 7) is 0.676. The average Bonchev–Trinajstić information content (AvgIpc) is 2.44. The van der Waals surface area contributed by atoms with Crippen molar-refractivity contribution in [3.63, 3.8) is 0 Å². The maximum Gasteiger partial charge on any atom is 0.238 e. The van der Waals surface area contributed by atoms with Gasteiger partial charge in [0.2, 0.25) is 11.8 Å². The lowest BCUT2D eigenvalue weighted by Gasteiger charge is -2.23. The molecule has 1 heterocycles. The summed E-state index contributed by atoms with van der Waals surface area (Å²) in [5, 5.41) is 5.37. The van der Waals surface area contributed by atoms with Crippen molar-refractivity contribution in [1.82, 2.24) is 5.32 Å². The summed E-state index contributed by atoms with van der Waals surface area (Å²) >= 11 is 3.22. The van der Waals surface area contributed by atoms with Gasteiger partial charge in [-0.05, 0) is 30.6 Å². The van der Waals surface area contributed by atoms with E-state index in [0.29, 0.717) is 6.54 Å². The SMILES string of the molecule is CSCCCNC(=O)C[C@H]1Sc2ccccc2NC1=O. The lowest BCUT2D eigenvalue weighted by molar-refractivity contribution is -0.124. The first-order valence-corrected chi connectivity index (χ1v) is 8.80. The predicted octanol–water partition coefficient (Wildman–Crippen LogP) is 2.36. The average molecular weight is 310 g/mol. The molecule has 0 spiro atoms. The van der Waals surface area contributed by atoms with Crippen LogP contribution in [0.4, 0.5) is 5.69 Å². The van der Waals surface area contributed by atoms with Gasteiger partial charge in [-0.2, -0.15) is 11.8 Å². The first-order valence-electron chi connectivity index (χ1n) is 6.53. The van der Waals surface area contributed by atoms with Gasteiger partial charge in [0.25, 0.3) is 0 Å². The number of carbonyl (C=O) groups excluding carboxylic acids is 2. The Hall–Kier alpha value is -1.14. The van der Waals surface area contributed by atoms with Gasteiger partial charge < -0.3 is 10.6 Å². The highest BCUT2D eigenvalue weighted by atomic mass is 32.2. The van der Waals surface area contributed by atoms with Crippen LogP contribution < -0.4 is 10.6 Å². The Balaban J connectivity index is 1.84. The van der Waals surface area contributed by atoms with E-state index in [1.807, 2.05) is 30.5 Å². The van der Waals surface area contributed by atoms with Crippen molar-refractivity contribution in [2.45, 2.75) is 23.0 Å². The molecule has 6 heteroatoms. The first-order chi connectivity index (χ1) is 9.70. The number of nitrogens with one attached hydrogen (secondary N) is 2. The van der Waals surface area contributed by atoms with E-state index in [1.165, 1.54) is 11.8 Å². The lowest BCUT2D eigenvalue weighted by Crippen LogP contribution is -2.35. The molecule has 0 saturated carbocycles. The highest BCUT2D eigenvalue weighted by Crippen LogP contribution is 2.36. The van der Waals surface area contributed by atoms with E-state index in [9.17, 15) is 9.59 Å². The topological polar surface area (TPSA) is 58.2 Å². The van der Waals surface area contributed by atoms with E-state index in [0.717, 1.165) is 22.8 Å². The van der Waals surface area contributed by atoms with Crippen molar-refractivity contribution in [3.8, 4) is 0 Å². The number of carbonyl (C=O) groups is 2. The van der Waals surface area contributed by atoms with Gasteiger partial charge in [-0.3, -0.25) is 9.59 Å². The summed E-state index contributed by atoms with van der Waals surface area (Å²) in [5.41, 5.74) is 0.833. The zero-order chi connectivity index (χ0) is 14.4. The maximum absolute atomic E-state index is 12.0. The molecule has 1 atom stereocenters. The molecule has 2 amide bonds. The number of fused-ring (bicyclic) bond motifs is 1. The molecule has 1 aromatic rings. The zero-order valence-electron chi connectivity index (χ0n) is 11.3. The Kier molecular flexibility index (Phi) is 5.79. The molecule has 2 rings (SSSR count). The molecule has 2 N–H and O–H groups in total. The normalized spacial score (nSPS) is 17.2. The van der Waals surface area contributed by atoms with Crippen molar-refractivity contribution < 1.29 is 9.59 Å². The second kappa shape index (κ2) is 7.59. The summed E-state index contributed by atoms with van der Waals surface area (Å²) in [4.78, 5) is 24.8. The standard InChI is InChI=1S/C14H18N2O2S2/c1-19-8-4-7-15-13(17)9-12-14(18)16-10-5-2-3-6-11(10)20-12/h2-3,5-6,12H,4,7-9H2,1H3,(H,15,17)(H,16,18)/t12-/m1/s1. The molecule has 0 aliphatic carbocycles. The van der Waals surface area contributed by atoms with Crippen molar-refractivity contribution in [3.05, 3.63) is 24.3 Å². The molecule has 108 valence electrons. The van der Waals surface area contributed by atoms with E-state index < -0.39 is 0 Å². The number of hydrogen-bond donors (Lipinski definition) is 2. The van der Waals surface area contributed by atoms with Gasteiger partial charge in [0.1, 0.15) is 0 Å². The number of thioether (sulfide) groups is 2. The second-order valence-corrected chi connectivity index (χ2v) is 6.72. The highest BCUT2D eigenvalue weighted by molar-refractivity contribution is 8.01. The summed E-state index contributed by atoms with van der Waals surface area (Å²) < 4.78 is 0. The number of hydrogen-bond acceptors (Lipinski definition) is 4. The van der Waals surface area contributed by atoms with Crippen molar-refractivity contribution in [2.24, 2.45) is 0 Å². The van der Waals surface area contributed by atoms with E-state index >= 15 is 0 Å². The minimum Gasteiger partial charge on any atom is -0.356 e. The molecule has 0 aromatic heterocycles. The fourth-order valence-electron chi connectivity index (χ4n) is 1.91. The minimum absolute atomic E-state index is 0.0573. The Morgan fingerprint density at radius 3 is 3.05 bits per heavy atom. The number of para-hydroxylation sites is 1. The van der Waals surface area contributed by atoms with E-state index in [1.54, 1.807) is 11.8 Å². The van der Waals surface area contributed by atoms with Crippen LogP contribution in [0.15, 0.2) is 29.2 Å². The Labute approximate surface area is 127 Å². The van der Waals surface area contributed by atoms with Gasteiger partial charge in [-0.25, -0.2) is 0 Å². The summed E-state index contributed by atoms with van der Waals surface area (Å²) in [7, 11) is 0. The van der Waals surface area contributed by atoms with E-state index in [-0.39, 0.29) is 23.5 Å². The van der Waals surface area contributed by atoms with Gasteiger partial charge in [-0.1, -0.05) is 12.1 Å². The van der Waals surface area contributed by atoms with Crippen LogP contribution in [0, 0.1) is 0 Å². The third-order valence-electron chi connectivity index (χ3n) is 2.92. The fraction of sp³-hybridized carbons (Fsp3) is 0.429. The molecular weight excluding hydrogens is 292 g/mol. The molecule has 0 unspecified atom stereocenters. The van der Waals surface area contributed by atoms with Crippen LogP contribution in [0.25, 0.3) is 0 Å². The summed E-state index contributed by atoms with van der Waals surface area (Å²) in [5.74, 6) is 0.887. The predicted molar refractivity (Wildman–Crippen MR) is 85.3 cm³/mol. The van der Waals surface area contributed by atoms with Gasteiger partial charge in [0.05, 0.1) is 10.9 Å². The van der Waals surface area contributed by atoms with Crippen LogP contribution in [-0.2, 0) is 9.59 Å². The van der Waals surface area contributed by atoms with Crippen LogP contribution in [0.3, 0.4) is 0 Å². The summed E-state index contributed by atoms with van der Waals surface area (Å²) in [6.07, 6.45) is 3.23. The summed E-state index contributed by atoms with van der Waals surface area (Å²) in [6, 6.07) is 7.66. The number of anilines is 1. The quantitative estimate of drug-likeness (QED) is 0.792. The maximum atomic E-state index is 12.0. The molecular formula is C14H18N2O2S2. The first kappa shape index (κ1) is 15.3. The monoisotopic (exact) mass is 310 g/mol. The number of benzene rings is 1. The van der Waals surface area contributed by atoms with Gasteiger partial charge in [-0.15, -0.1) is 11.8 Å². The van der Waals surface area contributed by atoms with Crippen LogP contribution in [0.5, 0.6) is 0 Å². The number of rotatable bonds is 6. The van der Waals surface area contributed by atoms with Crippen LogP contribution >= 0.6 is 23.5 Å². The Morgan fingerprint density at radius 1 is 1.45 bits per heavy atom. The largest absolute Gasteiger partial charge is 0.356 e. The molecule has 1 aliphatic heterocycles. The third kappa shape index (κ3) is 4.18. The molecule has 1 aromatic carbocycles. The van der Waals surface area contributed by atoms with Gasteiger partial charge in [0.15, 0.2) is 0 Å². The van der Waals surface area contributed by atoms with Crippen LogP contribution in [0.1, 0.15) is 12.8 Å². The van der Waals surface area contributed by atoms with E-state index in [2.05, 4.69) is 10.6 Å². The molecule has 0 radical (unpaired) electrons. The lowest BCUT2D eigenvalue weighted by atomic mass is 10.2. The zero-order valence-corrected chi connectivity index (χ0v) is 13.0. The number of amides is 2. The van der Waals surface area contributed by atoms with E-state index in [4.69, 9.17) is 0 Å². The minimum atomic E-state index is -0.342.